The van der Waals surface area contributed by atoms with E-state index in [-0.39, 0.29) is 11.8 Å². The normalized spacial score (nSPS) is 16.1. The van der Waals surface area contributed by atoms with Gasteiger partial charge in [-0.3, -0.25) is 4.79 Å². The second-order valence-corrected chi connectivity index (χ2v) is 9.53. The van der Waals surface area contributed by atoms with Gasteiger partial charge in [-0.25, -0.2) is 4.98 Å². The molecule has 1 aliphatic rings. The molecule has 4 nitrogen and oxygen atoms in total. The van der Waals surface area contributed by atoms with Crippen molar-refractivity contribution >= 4 is 56.6 Å². The zero-order valence-corrected chi connectivity index (χ0v) is 19.8. The Kier molecular flexibility index (Phi) is 5.28. The van der Waals surface area contributed by atoms with Crippen molar-refractivity contribution in [3.05, 3.63) is 106 Å². The molecule has 0 bridgehead atoms. The Morgan fingerprint density at radius 1 is 0.912 bits per heavy atom. The molecule has 0 aliphatic carbocycles. The maximum atomic E-state index is 13.2. The molecule has 0 spiro atoms. The molecular weight excluding hydrogens is 465 g/mol. The highest BCUT2D eigenvalue weighted by molar-refractivity contribution is 6.35. The van der Waals surface area contributed by atoms with Gasteiger partial charge in [0.1, 0.15) is 5.82 Å². The largest absolute Gasteiger partial charge is 0.323 e. The van der Waals surface area contributed by atoms with Crippen LogP contribution in [0.15, 0.2) is 84.9 Å². The molecule has 0 N–H and O–H groups in total. The minimum Gasteiger partial charge on any atom is -0.323 e. The van der Waals surface area contributed by atoms with Gasteiger partial charge in [-0.2, -0.15) is 0 Å². The lowest BCUT2D eigenvalue weighted by atomic mass is 10.1. The van der Waals surface area contributed by atoms with Crippen LogP contribution in [0.3, 0.4) is 0 Å². The van der Waals surface area contributed by atoms with Gasteiger partial charge in [0.25, 0.3) is 0 Å². The van der Waals surface area contributed by atoms with E-state index in [4.69, 9.17) is 28.2 Å². The number of para-hydroxylation sites is 2. The van der Waals surface area contributed by atoms with Crippen molar-refractivity contribution in [1.29, 1.82) is 0 Å². The Labute approximate surface area is 207 Å². The lowest BCUT2D eigenvalue weighted by Gasteiger charge is -2.19. The Balaban J connectivity index is 1.41. The molecule has 1 fully saturated rings. The van der Waals surface area contributed by atoms with Gasteiger partial charge in [-0.15, -0.1) is 0 Å². The smallest absolute Gasteiger partial charge is 0.227 e. The first-order valence-corrected chi connectivity index (χ1v) is 12.0. The molecule has 6 rings (SSSR count). The Bertz CT molecular complexity index is 1550. The fraction of sp³-hybridized carbons (Fsp3) is 0.143. The van der Waals surface area contributed by atoms with Gasteiger partial charge in [-0.1, -0.05) is 77.8 Å². The van der Waals surface area contributed by atoms with E-state index in [1.807, 2.05) is 59.5 Å². The fourth-order valence-corrected chi connectivity index (χ4v) is 5.42. The number of carbonyl (C=O) groups excluding carboxylic acids is 1. The molecule has 1 atom stereocenters. The summed E-state index contributed by atoms with van der Waals surface area (Å²) in [4.78, 5) is 20.1. The second-order valence-electron chi connectivity index (χ2n) is 8.68. The van der Waals surface area contributed by atoms with Crippen LogP contribution in [0.5, 0.6) is 0 Å². The molecule has 0 radical (unpaired) electrons. The predicted molar refractivity (Wildman–Crippen MR) is 139 cm³/mol. The molecule has 1 aromatic heterocycles. The molecule has 1 saturated heterocycles. The molecule has 1 aliphatic heterocycles. The fourth-order valence-electron chi connectivity index (χ4n) is 4.95. The summed E-state index contributed by atoms with van der Waals surface area (Å²) in [5, 5.41) is 3.44. The van der Waals surface area contributed by atoms with E-state index in [9.17, 15) is 4.79 Å². The van der Waals surface area contributed by atoms with E-state index in [1.54, 1.807) is 6.07 Å². The first kappa shape index (κ1) is 21.2. The molecule has 1 amide bonds. The van der Waals surface area contributed by atoms with Crippen molar-refractivity contribution in [2.45, 2.75) is 18.9 Å². The average Bonchev–Trinajstić information content (AvgIpc) is 3.41. The highest BCUT2D eigenvalue weighted by Crippen LogP contribution is 2.37. The molecule has 4 aromatic carbocycles. The summed E-state index contributed by atoms with van der Waals surface area (Å²) in [7, 11) is 0. The van der Waals surface area contributed by atoms with Crippen LogP contribution < -0.4 is 4.90 Å². The van der Waals surface area contributed by atoms with Crippen LogP contribution >= 0.6 is 23.2 Å². The van der Waals surface area contributed by atoms with E-state index < -0.39 is 0 Å². The molecule has 1 unspecified atom stereocenters. The molecule has 34 heavy (non-hydrogen) atoms. The molecule has 6 heteroatoms. The minimum atomic E-state index is -0.0232. The third-order valence-corrected chi connectivity index (χ3v) is 7.16. The number of hydrogen-bond donors (Lipinski definition) is 0. The van der Waals surface area contributed by atoms with Crippen molar-refractivity contribution in [1.82, 2.24) is 9.55 Å². The first-order valence-electron chi connectivity index (χ1n) is 11.3. The number of imidazole rings is 1. The highest BCUT2D eigenvalue weighted by atomic mass is 35.5. The minimum absolute atomic E-state index is 0.0232. The van der Waals surface area contributed by atoms with Crippen molar-refractivity contribution in [2.24, 2.45) is 0 Å². The van der Waals surface area contributed by atoms with Crippen LogP contribution in [0, 0.1) is 0 Å². The summed E-state index contributed by atoms with van der Waals surface area (Å²) in [5.41, 5.74) is 3.86. The van der Waals surface area contributed by atoms with Crippen molar-refractivity contribution in [3.63, 3.8) is 0 Å². The monoisotopic (exact) mass is 485 g/mol. The lowest BCUT2D eigenvalue weighted by molar-refractivity contribution is -0.117. The van der Waals surface area contributed by atoms with E-state index in [0.717, 1.165) is 38.9 Å². The Morgan fingerprint density at radius 2 is 1.71 bits per heavy atom. The lowest BCUT2D eigenvalue weighted by Crippen LogP contribution is -2.24. The van der Waals surface area contributed by atoms with Crippen LogP contribution in [0.25, 0.3) is 21.8 Å². The molecular formula is C28H21Cl2N3O. The zero-order valence-electron chi connectivity index (χ0n) is 18.3. The van der Waals surface area contributed by atoms with Crippen molar-refractivity contribution in [2.75, 3.05) is 11.4 Å². The predicted octanol–water partition coefficient (Wildman–Crippen LogP) is 7.07. The van der Waals surface area contributed by atoms with E-state index in [2.05, 4.69) is 28.8 Å². The van der Waals surface area contributed by atoms with E-state index in [0.29, 0.717) is 29.6 Å². The van der Waals surface area contributed by atoms with Crippen LogP contribution in [0.1, 0.15) is 23.7 Å². The summed E-state index contributed by atoms with van der Waals surface area (Å²) in [6.07, 6.45) is 0.418. The summed E-state index contributed by atoms with van der Waals surface area (Å²) in [6.45, 7) is 1.15. The Morgan fingerprint density at radius 3 is 2.59 bits per heavy atom. The van der Waals surface area contributed by atoms with Gasteiger partial charge >= 0.3 is 0 Å². The summed E-state index contributed by atoms with van der Waals surface area (Å²) >= 11 is 12.6. The van der Waals surface area contributed by atoms with Gasteiger partial charge in [0.2, 0.25) is 5.91 Å². The van der Waals surface area contributed by atoms with Crippen LogP contribution in [-0.2, 0) is 11.3 Å². The van der Waals surface area contributed by atoms with Gasteiger partial charge in [0.05, 0.1) is 23.3 Å². The van der Waals surface area contributed by atoms with Crippen molar-refractivity contribution in [3.8, 4) is 0 Å². The number of amides is 1. The standard InChI is InChI=1S/C28H21Cl2N3O/c29-21-13-12-19(23(30)15-21)16-33-26-10-4-3-9-24(26)31-28(33)20-14-27(34)32(17-20)25-11-5-7-18-6-1-2-8-22(18)25/h1-13,15,20H,14,16-17H2. The molecule has 2 heterocycles. The number of nitrogens with zero attached hydrogens (tertiary/aromatic N) is 3. The van der Waals surface area contributed by atoms with Gasteiger partial charge in [-0.05, 0) is 41.3 Å². The SMILES string of the molecule is O=C1CC(c2nc3ccccc3n2Cc2ccc(Cl)cc2Cl)CN1c1cccc2ccccc12. The quantitative estimate of drug-likeness (QED) is 0.273. The van der Waals surface area contributed by atoms with Gasteiger partial charge in [0, 0.05) is 34.3 Å². The van der Waals surface area contributed by atoms with E-state index >= 15 is 0 Å². The Hall–Kier alpha value is -3.34. The number of benzene rings is 4. The summed E-state index contributed by atoms with van der Waals surface area (Å²) in [6, 6.07) is 27.9. The highest BCUT2D eigenvalue weighted by Gasteiger charge is 2.35. The molecule has 0 saturated carbocycles. The third kappa shape index (κ3) is 3.64. The van der Waals surface area contributed by atoms with Crippen LogP contribution in [0.2, 0.25) is 10.0 Å². The van der Waals surface area contributed by atoms with Gasteiger partial charge < -0.3 is 9.47 Å². The third-order valence-electron chi connectivity index (χ3n) is 6.58. The van der Waals surface area contributed by atoms with Gasteiger partial charge in [0.15, 0.2) is 0 Å². The topological polar surface area (TPSA) is 38.1 Å². The number of aromatic nitrogens is 2. The van der Waals surface area contributed by atoms with E-state index in [1.165, 1.54) is 0 Å². The number of halogens is 2. The summed E-state index contributed by atoms with van der Waals surface area (Å²) in [5.74, 6) is 0.998. The molecule has 5 aromatic rings. The molecule has 168 valence electrons. The number of carbonyl (C=O) groups is 1. The van der Waals surface area contributed by atoms with Crippen LogP contribution in [0.4, 0.5) is 5.69 Å². The maximum Gasteiger partial charge on any atom is 0.227 e. The number of anilines is 1. The maximum absolute atomic E-state index is 13.2. The van der Waals surface area contributed by atoms with Crippen LogP contribution in [-0.4, -0.2) is 22.0 Å². The number of fused-ring (bicyclic) bond motifs is 2. The second kappa shape index (κ2) is 8.46. The summed E-state index contributed by atoms with van der Waals surface area (Å²) < 4.78 is 2.19. The average molecular weight is 486 g/mol. The number of hydrogen-bond acceptors (Lipinski definition) is 2. The van der Waals surface area contributed by atoms with Crippen molar-refractivity contribution < 1.29 is 4.79 Å². The first-order chi connectivity index (χ1) is 16.6. The number of rotatable bonds is 4. The zero-order chi connectivity index (χ0) is 23.2.